The lowest BCUT2D eigenvalue weighted by molar-refractivity contribution is 0.0506. The number of aryl methyl sites for hydroxylation is 2. The molecule has 0 aliphatic rings. The van der Waals surface area contributed by atoms with Gasteiger partial charge < -0.3 is 14.8 Å². The normalized spacial score (nSPS) is 12.1. The summed E-state index contributed by atoms with van der Waals surface area (Å²) in [6, 6.07) is 11.1. The Hall–Kier alpha value is -1.41. The number of hydrogen-bond donors (Lipinski definition) is 1. The fourth-order valence-corrected chi connectivity index (χ4v) is 4.65. The molecule has 0 bridgehead atoms. The molecular weight excluding hydrogens is 353 g/mol. The fraction of sp³-hybridized carbons (Fsp3) is 0.478. The van der Waals surface area contributed by atoms with Gasteiger partial charge in [-0.3, -0.25) is 0 Å². The SMILES string of the molecule is CCNCc1cccc(C)c1Pc1cc(C)cc(C(C)(C)C)c1OCOC. The van der Waals surface area contributed by atoms with E-state index in [0.29, 0.717) is 8.58 Å². The minimum absolute atomic E-state index is 0.00660. The van der Waals surface area contributed by atoms with E-state index in [1.54, 1.807) is 7.11 Å². The highest BCUT2D eigenvalue weighted by molar-refractivity contribution is 7.56. The van der Waals surface area contributed by atoms with Crippen LogP contribution in [0.2, 0.25) is 0 Å². The zero-order chi connectivity index (χ0) is 20.0. The van der Waals surface area contributed by atoms with Crippen LogP contribution in [0.5, 0.6) is 5.75 Å². The van der Waals surface area contributed by atoms with Gasteiger partial charge in [-0.05, 0) is 53.9 Å². The molecule has 0 aliphatic carbocycles. The molecule has 2 rings (SSSR count). The van der Waals surface area contributed by atoms with Crippen molar-refractivity contribution in [3.8, 4) is 5.75 Å². The lowest BCUT2D eigenvalue weighted by atomic mass is 9.85. The van der Waals surface area contributed by atoms with Gasteiger partial charge in [0.25, 0.3) is 0 Å². The van der Waals surface area contributed by atoms with Crippen LogP contribution < -0.4 is 20.7 Å². The van der Waals surface area contributed by atoms with E-state index in [1.807, 2.05) is 0 Å². The molecule has 1 unspecified atom stereocenters. The summed E-state index contributed by atoms with van der Waals surface area (Å²) in [7, 11) is 2.22. The topological polar surface area (TPSA) is 30.5 Å². The van der Waals surface area contributed by atoms with Crippen LogP contribution in [-0.2, 0) is 16.7 Å². The van der Waals surface area contributed by atoms with E-state index >= 15 is 0 Å². The highest BCUT2D eigenvalue weighted by Crippen LogP contribution is 2.34. The highest BCUT2D eigenvalue weighted by Gasteiger charge is 2.23. The molecule has 0 heterocycles. The first-order valence-electron chi connectivity index (χ1n) is 9.61. The molecule has 0 radical (unpaired) electrons. The maximum Gasteiger partial charge on any atom is 0.188 e. The average Bonchev–Trinajstić information content (AvgIpc) is 2.60. The lowest BCUT2D eigenvalue weighted by Crippen LogP contribution is -2.23. The first-order chi connectivity index (χ1) is 12.8. The molecule has 0 saturated heterocycles. The second kappa shape index (κ2) is 9.68. The Labute approximate surface area is 166 Å². The average molecular weight is 388 g/mol. The predicted octanol–water partition coefficient (Wildman–Crippen LogP) is 4.32. The van der Waals surface area contributed by atoms with Crippen molar-refractivity contribution >= 4 is 19.2 Å². The molecular formula is C23H34NO2P. The van der Waals surface area contributed by atoms with E-state index in [1.165, 1.54) is 32.9 Å². The fourth-order valence-electron chi connectivity index (χ4n) is 3.15. The number of benzene rings is 2. The molecule has 0 amide bonds. The van der Waals surface area contributed by atoms with E-state index in [2.05, 4.69) is 77.2 Å². The van der Waals surface area contributed by atoms with Gasteiger partial charge in [-0.15, -0.1) is 0 Å². The second-order valence-electron chi connectivity index (χ2n) is 8.00. The van der Waals surface area contributed by atoms with Gasteiger partial charge in [0, 0.05) is 24.5 Å². The molecule has 0 saturated carbocycles. The molecule has 1 N–H and O–H groups in total. The molecule has 0 spiro atoms. The summed E-state index contributed by atoms with van der Waals surface area (Å²) in [5.74, 6) is 0.978. The van der Waals surface area contributed by atoms with E-state index in [0.717, 1.165) is 18.8 Å². The van der Waals surface area contributed by atoms with Crippen molar-refractivity contribution in [3.05, 3.63) is 52.6 Å². The number of hydrogen-bond acceptors (Lipinski definition) is 3. The Morgan fingerprint density at radius 2 is 1.85 bits per heavy atom. The summed E-state index contributed by atoms with van der Waals surface area (Å²) in [4.78, 5) is 0. The minimum Gasteiger partial charge on any atom is -0.467 e. The largest absolute Gasteiger partial charge is 0.467 e. The maximum atomic E-state index is 6.10. The third kappa shape index (κ3) is 5.78. The van der Waals surface area contributed by atoms with Crippen LogP contribution in [0.25, 0.3) is 0 Å². The molecule has 0 fully saturated rings. The molecule has 0 aromatic heterocycles. The second-order valence-corrected chi connectivity index (χ2v) is 9.29. The Bertz CT molecular complexity index is 766. The lowest BCUT2D eigenvalue weighted by Gasteiger charge is -2.26. The number of ether oxygens (including phenoxy) is 2. The Kier molecular flexibility index (Phi) is 7.85. The molecule has 0 aliphatic heterocycles. The Balaban J connectivity index is 2.54. The molecule has 4 heteroatoms. The summed E-state index contributed by atoms with van der Waals surface area (Å²) in [6.07, 6.45) is 0. The number of nitrogens with one attached hydrogen (secondary N) is 1. The molecule has 27 heavy (non-hydrogen) atoms. The molecule has 2 aromatic rings. The van der Waals surface area contributed by atoms with Gasteiger partial charge in [-0.25, -0.2) is 0 Å². The summed E-state index contributed by atoms with van der Waals surface area (Å²) >= 11 is 0. The van der Waals surface area contributed by atoms with Crippen LogP contribution in [0.4, 0.5) is 0 Å². The van der Waals surface area contributed by atoms with Gasteiger partial charge in [0.05, 0.1) is 0 Å². The summed E-state index contributed by atoms with van der Waals surface area (Å²) in [5, 5.41) is 6.13. The van der Waals surface area contributed by atoms with Crippen molar-refractivity contribution in [1.29, 1.82) is 0 Å². The Morgan fingerprint density at radius 1 is 1.11 bits per heavy atom. The van der Waals surface area contributed by atoms with Crippen LogP contribution in [0.15, 0.2) is 30.3 Å². The van der Waals surface area contributed by atoms with Crippen LogP contribution >= 0.6 is 8.58 Å². The third-order valence-electron chi connectivity index (χ3n) is 4.55. The quantitative estimate of drug-likeness (QED) is 0.540. The van der Waals surface area contributed by atoms with Crippen LogP contribution in [0.1, 0.15) is 49.9 Å². The zero-order valence-electron chi connectivity index (χ0n) is 17.8. The monoisotopic (exact) mass is 387 g/mol. The van der Waals surface area contributed by atoms with Crippen LogP contribution in [0.3, 0.4) is 0 Å². The molecule has 3 nitrogen and oxygen atoms in total. The zero-order valence-corrected chi connectivity index (χ0v) is 18.8. The van der Waals surface area contributed by atoms with Gasteiger partial charge >= 0.3 is 0 Å². The Morgan fingerprint density at radius 3 is 2.48 bits per heavy atom. The van der Waals surface area contributed by atoms with Gasteiger partial charge in [0.2, 0.25) is 0 Å². The number of rotatable bonds is 8. The van der Waals surface area contributed by atoms with Crippen molar-refractivity contribution in [3.63, 3.8) is 0 Å². The van der Waals surface area contributed by atoms with E-state index in [4.69, 9.17) is 9.47 Å². The van der Waals surface area contributed by atoms with Crippen LogP contribution in [-0.4, -0.2) is 20.4 Å². The molecule has 1 atom stereocenters. The van der Waals surface area contributed by atoms with Gasteiger partial charge in [-0.1, -0.05) is 60.5 Å². The molecule has 2 aromatic carbocycles. The van der Waals surface area contributed by atoms with E-state index in [9.17, 15) is 0 Å². The molecule has 148 valence electrons. The van der Waals surface area contributed by atoms with Crippen molar-refractivity contribution in [1.82, 2.24) is 5.32 Å². The summed E-state index contributed by atoms with van der Waals surface area (Å²) in [6.45, 7) is 15.3. The van der Waals surface area contributed by atoms with Crippen molar-refractivity contribution in [2.24, 2.45) is 0 Å². The summed E-state index contributed by atoms with van der Waals surface area (Å²) in [5.41, 5.74) is 5.22. The van der Waals surface area contributed by atoms with Gasteiger partial charge in [0.1, 0.15) is 5.75 Å². The van der Waals surface area contributed by atoms with Crippen molar-refractivity contribution < 1.29 is 9.47 Å². The smallest absolute Gasteiger partial charge is 0.188 e. The maximum absolute atomic E-state index is 6.10. The predicted molar refractivity (Wildman–Crippen MR) is 119 cm³/mol. The summed E-state index contributed by atoms with van der Waals surface area (Å²) < 4.78 is 11.3. The van der Waals surface area contributed by atoms with Crippen LogP contribution in [0, 0.1) is 13.8 Å². The first-order valence-corrected chi connectivity index (χ1v) is 10.6. The van der Waals surface area contributed by atoms with Crippen molar-refractivity contribution in [2.45, 2.75) is 53.5 Å². The standard InChI is InChI=1S/C23H34NO2P/c1-8-24-14-18-11-9-10-17(3)22(18)27-20-13-16(2)12-19(23(4,5)6)21(20)26-15-25-7/h9-13,24,27H,8,14-15H2,1-7H3. The van der Waals surface area contributed by atoms with Gasteiger partial charge in [0.15, 0.2) is 6.79 Å². The highest BCUT2D eigenvalue weighted by atomic mass is 31.1. The van der Waals surface area contributed by atoms with E-state index in [-0.39, 0.29) is 12.2 Å². The van der Waals surface area contributed by atoms with Gasteiger partial charge in [-0.2, -0.15) is 0 Å². The first kappa shape index (κ1) is 21.9. The number of methoxy groups -OCH3 is 1. The van der Waals surface area contributed by atoms with E-state index < -0.39 is 0 Å². The third-order valence-corrected chi connectivity index (χ3v) is 6.15. The minimum atomic E-state index is 0.00660. The van der Waals surface area contributed by atoms with Crippen molar-refractivity contribution in [2.75, 3.05) is 20.4 Å².